The zero-order valence-electron chi connectivity index (χ0n) is 12.7. The normalized spacial score (nSPS) is 16.7. The number of hydrogen-bond donors (Lipinski definition) is 1. The van der Waals surface area contributed by atoms with E-state index in [1.54, 1.807) is 11.1 Å². The number of nitrogens with zero attached hydrogens (tertiary/aromatic N) is 2. The van der Waals surface area contributed by atoms with Gasteiger partial charge in [-0.2, -0.15) is 0 Å². The average Bonchev–Trinajstić information content (AvgIpc) is 2.40. The zero-order chi connectivity index (χ0) is 15.5. The maximum Gasteiger partial charge on any atom is 0.410 e. The molecule has 0 unspecified atom stereocenters. The third-order valence-electron chi connectivity index (χ3n) is 3.25. The lowest BCUT2D eigenvalue weighted by Gasteiger charge is -2.34. The third kappa shape index (κ3) is 4.88. The van der Waals surface area contributed by atoms with Crippen molar-refractivity contribution in [1.82, 2.24) is 9.88 Å². The number of amides is 1. The van der Waals surface area contributed by atoms with Crippen molar-refractivity contribution in [2.45, 2.75) is 45.3 Å². The molecule has 1 saturated heterocycles. The fourth-order valence-electron chi connectivity index (χ4n) is 2.22. The van der Waals surface area contributed by atoms with E-state index in [4.69, 9.17) is 4.74 Å². The Labute approximate surface area is 134 Å². The second-order valence-electron chi connectivity index (χ2n) is 6.22. The fraction of sp³-hybridized carbons (Fsp3) is 0.600. The van der Waals surface area contributed by atoms with Gasteiger partial charge in [-0.1, -0.05) is 0 Å². The molecule has 1 fully saturated rings. The van der Waals surface area contributed by atoms with Crippen molar-refractivity contribution in [2.24, 2.45) is 0 Å². The van der Waals surface area contributed by atoms with Gasteiger partial charge in [0.25, 0.3) is 0 Å². The van der Waals surface area contributed by atoms with Crippen LogP contribution in [0.25, 0.3) is 0 Å². The van der Waals surface area contributed by atoms with Crippen molar-refractivity contribution in [3.63, 3.8) is 0 Å². The van der Waals surface area contributed by atoms with Crippen LogP contribution in [0.2, 0.25) is 0 Å². The summed E-state index contributed by atoms with van der Waals surface area (Å²) in [6.45, 7) is 7.07. The minimum atomic E-state index is -0.439. The molecule has 6 heteroatoms. The lowest BCUT2D eigenvalue weighted by atomic mass is 10.1. The first kappa shape index (κ1) is 16.1. The van der Waals surface area contributed by atoms with Gasteiger partial charge in [0.05, 0.1) is 4.47 Å². The van der Waals surface area contributed by atoms with E-state index in [9.17, 15) is 4.79 Å². The number of rotatable bonds is 2. The number of carbonyl (C=O) groups excluding carboxylic acids is 1. The minimum absolute atomic E-state index is 0.222. The van der Waals surface area contributed by atoms with Crippen LogP contribution in [0, 0.1) is 0 Å². The molecule has 0 aromatic carbocycles. The van der Waals surface area contributed by atoms with Crippen LogP contribution < -0.4 is 5.32 Å². The lowest BCUT2D eigenvalue weighted by molar-refractivity contribution is 0.0210. The predicted molar refractivity (Wildman–Crippen MR) is 86.4 cm³/mol. The summed E-state index contributed by atoms with van der Waals surface area (Å²) in [7, 11) is 0. The molecule has 1 aromatic rings. The molecule has 1 N–H and O–H groups in total. The van der Waals surface area contributed by atoms with Gasteiger partial charge in [0.1, 0.15) is 11.4 Å². The fourth-order valence-corrected chi connectivity index (χ4v) is 2.59. The van der Waals surface area contributed by atoms with Crippen LogP contribution >= 0.6 is 15.9 Å². The molecular weight excluding hydrogens is 334 g/mol. The number of anilines is 1. The molecule has 0 spiro atoms. The monoisotopic (exact) mass is 355 g/mol. The molecule has 2 rings (SSSR count). The maximum atomic E-state index is 12.0. The molecular formula is C15H22BrN3O2. The number of nitrogens with one attached hydrogen (secondary N) is 1. The number of carbonyl (C=O) groups is 1. The van der Waals surface area contributed by atoms with E-state index in [0.29, 0.717) is 19.1 Å². The van der Waals surface area contributed by atoms with E-state index >= 15 is 0 Å². The Morgan fingerprint density at radius 1 is 1.43 bits per heavy atom. The Balaban J connectivity index is 1.83. The van der Waals surface area contributed by atoms with E-state index in [0.717, 1.165) is 23.1 Å². The summed E-state index contributed by atoms with van der Waals surface area (Å²) in [4.78, 5) is 18.1. The second-order valence-corrected chi connectivity index (χ2v) is 7.07. The number of aromatic nitrogens is 1. The van der Waals surface area contributed by atoms with Gasteiger partial charge in [0.2, 0.25) is 0 Å². The van der Waals surface area contributed by atoms with Crippen molar-refractivity contribution < 1.29 is 9.53 Å². The summed E-state index contributed by atoms with van der Waals surface area (Å²) in [5.41, 5.74) is -0.439. The Bertz CT molecular complexity index is 494. The zero-order valence-corrected chi connectivity index (χ0v) is 14.3. The summed E-state index contributed by atoms with van der Waals surface area (Å²) in [6.07, 6.45) is 3.33. The molecule has 1 aliphatic heterocycles. The van der Waals surface area contributed by atoms with Gasteiger partial charge in [-0.05, 0) is 61.7 Å². The van der Waals surface area contributed by atoms with Gasteiger partial charge >= 0.3 is 6.09 Å². The molecule has 1 amide bonds. The highest BCUT2D eigenvalue weighted by Crippen LogP contribution is 2.22. The highest BCUT2D eigenvalue weighted by molar-refractivity contribution is 9.10. The van der Waals surface area contributed by atoms with Crippen LogP contribution in [-0.2, 0) is 4.74 Å². The van der Waals surface area contributed by atoms with E-state index < -0.39 is 5.60 Å². The Kier molecular flexibility index (Phi) is 5.08. The van der Waals surface area contributed by atoms with Crippen LogP contribution in [0.5, 0.6) is 0 Å². The predicted octanol–water partition coefficient (Wildman–Crippen LogP) is 3.66. The standard InChI is InChI=1S/C15H22BrN3O2/c1-15(2,3)21-14(20)19-9-6-11(7-10-19)18-13-12(16)5-4-8-17-13/h4-5,8,11H,6-7,9-10H2,1-3H3,(H,17,18). The van der Waals surface area contributed by atoms with Crippen LogP contribution in [0.15, 0.2) is 22.8 Å². The number of piperidine rings is 1. The SMILES string of the molecule is CC(C)(C)OC(=O)N1CCC(Nc2ncccc2Br)CC1. The smallest absolute Gasteiger partial charge is 0.410 e. The third-order valence-corrected chi connectivity index (χ3v) is 3.89. The molecule has 0 radical (unpaired) electrons. The molecule has 5 nitrogen and oxygen atoms in total. The lowest BCUT2D eigenvalue weighted by Crippen LogP contribution is -2.44. The first-order valence-electron chi connectivity index (χ1n) is 7.20. The highest BCUT2D eigenvalue weighted by atomic mass is 79.9. The number of likely N-dealkylation sites (tertiary alicyclic amines) is 1. The molecule has 1 aromatic heterocycles. The molecule has 0 bridgehead atoms. The summed E-state index contributed by atoms with van der Waals surface area (Å²) < 4.78 is 6.35. The van der Waals surface area contributed by atoms with Gasteiger partial charge in [-0.25, -0.2) is 9.78 Å². The van der Waals surface area contributed by atoms with Gasteiger partial charge in [0, 0.05) is 25.3 Å². The molecule has 1 aliphatic rings. The van der Waals surface area contributed by atoms with Crippen molar-refractivity contribution in [3.05, 3.63) is 22.8 Å². The number of ether oxygens (including phenoxy) is 1. The van der Waals surface area contributed by atoms with E-state index in [-0.39, 0.29) is 6.09 Å². The maximum absolute atomic E-state index is 12.0. The highest BCUT2D eigenvalue weighted by Gasteiger charge is 2.27. The molecule has 0 saturated carbocycles. The molecule has 0 atom stereocenters. The van der Waals surface area contributed by atoms with Crippen molar-refractivity contribution in [2.75, 3.05) is 18.4 Å². The molecule has 116 valence electrons. The quantitative estimate of drug-likeness (QED) is 0.879. The van der Waals surface area contributed by atoms with Gasteiger partial charge < -0.3 is 15.0 Å². The van der Waals surface area contributed by atoms with E-state index in [1.807, 2.05) is 32.9 Å². The average molecular weight is 356 g/mol. The summed E-state index contributed by atoms with van der Waals surface area (Å²) in [5.74, 6) is 0.855. The Morgan fingerprint density at radius 3 is 2.67 bits per heavy atom. The first-order chi connectivity index (χ1) is 9.85. The van der Waals surface area contributed by atoms with E-state index in [2.05, 4.69) is 26.2 Å². The van der Waals surface area contributed by atoms with Crippen LogP contribution in [0.1, 0.15) is 33.6 Å². The Hall–Kier alpha value is -1.30. The number of halogens is 1. The van der Waals surface area contributed by atoms with E-state index in [1.165, 1.54) is 0 Å². The van der Waals surface area contributed by atoms with Crippen molar-refractivity contribution in [1.29, 1.82) is 0 Å². The largest absolute Gasteiger partial charge is 0.444 e. The van der Waals surface area contributed by atoms with Crippen LogP contribution in [0.3, 0.4) is 0 Å². The summed E-state index contributed by atoms with van der Waals surface area (Å²) >= 11 is 3.48. The van der Waals surface area contributed by atoms with Crippen molar-refractivity contribution in [3.8, 4) is 0 Å². The van der Waals surface area contributed by atoms with Gasteiger partial charge in [-0.15, -0.1) is 0 Å². The molecule has 21 heavy (non-hydrogen) atoms. The first-order valence-corrected chi connectivity index (χ1v) is 7.99. The summed E-state index contributed by atoms with van der Waals surface area (Å²) in [6, 6.07) is 4.18. The number of pyridine rings is 1. The van der Waals surface area contributed by atoms with Crippen molar-refractivity contribution >= 4 is 27.8 Å². The van der Waals surface area contributed by atoms with Gasteiger partial charge in [-0.3, -0.25) is 0 Å². The van der Waals surface area contributed by atoms with Gasteiger partial charge in [0.15, 0.2) is 0 Å². The second kappa shape index (κ2) is 6.64. The summed E-state index contributed by atoms with van der Waals surface area (Å²) in [5, 5.41) is 3.42. The van der Waals surface area contributed by atoms with Crippen LogP contribution in [-0.4, -0.2) is 40.7 Å². The number of hydrogen-bond acceptors (Lipinski definition) is 4. The molecule has 2 heterocycles. The minimum Gasteiger partial charge on any atom is -0.444 e. The molecule has 0 aliphatic carbocycles. The topological polar surface area (TPSA) is 54.5 Å². The Morgan fingerprint density at radius 2 is 2.10 bits per heavy atom. The van der Waals surface area contributed by atoms with Crippen LogP contribution in [0.4, 0.5) is 10.6 Å².